The third-order valence-corrected chi connectivity index (χ3v) is 6.04. The molecule has 0 aliphatic carbocycles. The van der Waals surface area contributed by atoms with E-state index in [0.717, 1.165) is 24.2 Å². The lowest BCUT2D eigenvalue weighted by Gasteiger charge is -2.47. The highest BCUT2D eigenvalue weighted by Crippen LogP contribution is 2.40. The molecule has 3 heteroatoms. The molecule has 0 amide bonds. The third-order valence-electron chi connectivity index (χ3n) is 6.04. The molecule has 0 aromatic heterocycles. The Balaban J connectivity index is 1.47. The van der Waals surface area contributed by atoms with Crippen LogP contribution in [0.25, 0.3) is 0 Å². The number of piperidine rings is 2. The summed E-state index contributed by atoms with van der Waals surface area (Å²) in [5.41, 5.74) is 6.20. The molecular formula is C15H27N3. The summed E-state index contributed by atoms with van der Waals surface area (Å²) in [5, 5.41) is 0. The number of fused-ring (bicyclic) bond motifs is 3. The highest BCUT2D eigenvalue weighted by Gasteiger charge is 2.45. The largest absolute Gasteiger partial charge is 0.328 e. The van der Waals surface area contributed by atoms with Crippen molar-refractivity contribution in [3.63, 3.8) is 0 Å². The van der Waals surface area contributed by atoms with E-state index >= 15 is 0 Å². The molecule has 0 aromatic carbocycles. The quantitative estimate of drug-likeness (QED) is 0.765. The van der Waals surface area contributed by atoms with E-state index in [1.165, 1.54) is 64.5 Å². The number of hydrogen-bond donors (Lipinski definition) is 1. The van der Waals surface area contributed by atoms with Crippen molar-refractivity contribution in [1.29, 1.82) is 0 Å². The molecule has 0 saturated carbocycles. The molecule has 2 N–H and O–H groups in total. The Kier molecular flexibility index (Phi) is 2.90. The summed E-state index contributed by atoms with van der Waals surface area (Å²) < 4.78 is 0. The van der Waals surface area contributed by atoms with Crippen LogP contribution in [0.1, 0.15) is 51.4 Å². The standard InChI is InChI=1S/C15H27N3/c16-11-8-13-3-4-14(9-11)18(13)15-5-7-17-6-1-2-12(17)10-15/h11-15H,1-10,16H2. The Morgan fingerprint density at radius 1 is 0.722 bits per heavy atom. The molecule has 102 valence electrons. The van der Waals surface area contributed by atoms with Crippen molar-refractivity contribution < 1.29 is 0 Å². The molecule has 0 spiro atoms. The highest BCUT2D eigenvalue weighted by molar-refractivity contribution is 5.02. The first kappa shape index (κ1) is 11.7. The molecule has 4 saturated heterocycles. The zero-order valence-electron chi connectivity index (χ0n) is 11.4. The van der Waals surface area contributed by atoms with Crippen molar-refractivity contribution in [3.8, 4) is 0 Å². The average molecular weight is 249 g/mol. The van der Waals surface area contributed by atoms with Crippen LogP contribution in [0.5, 0.6) is 0 Å². The van der Waals surface area contributed by atoms with Gasteiger partial charge in [-0.3, -0.25) is 4.90 Å². The molecule has 4 aliphatic heterocycles. The van der Waals surface area contributed by atoms with Crippen LogP contribution in [-0.4, -0.2) is 53.1 Å². The Morgan fingerprint density at radius 2 is 1.44 bits per heavy atom. The van der Waals surface area contributed by atoms with Crippen LogP contribution in [0.3, 0.4) is 0 Å². The fourth-order valence-corrected chi connectivity index (χ4v) is 5.33. The smallest absolute Gasteiger partial charge is 0.0128 e. The van der Waals surface area contributed by atoms with E-state index in [-0.39, 0.29) is 0 Å². The zero-order chi connectivity index (χ0) is 12.1. The minimum absolute atomic E-state index is 0.491. The van der Waals surface area contributed by atoms with Crippen LogP contribution in [-0.2, 0) is 0 Å². The van der Waals surface area contributed by atoms with Gasteiger partial charge in [-0.2, -0.15) is 0 Å². The maximum atomic E-state index is 6.20. The van der Waals surface area contributed by atoms with E-state index in [2.05, 4.69) is 9.80 Å². The maximum absolute atomic E-state index is 6.20. The second-order valence-electron chi connectivity index (χ2n) is 7.07. The lowest BCUT2D eigenvalue weighted by molar-refractivity contribution is 0.0270. The molecule has 4 fully saturated rings. The summed E-state index contributed by atoms with van der Waals surface area (Å²) in [6, 6.07) is 3.95. The van der Waals surface area contributed by atoms with E-state index in [0.29, 0.717) is 6.04 Å². The van der Waals surface area contributed by atoms with Gasteiger partial charge in [-0.1, -0.05) is 0 Å². The summed E-state index contributed by atoms with van der Waals surface area (Å²) >= 11 is 0. The predicted molar refractivity (Wildman–Crippen MR) is 73.5 cm³/mol. The number of rotatable bonds is 1. The fourth-order valence-electron chi connectivity index (χ4n) is 5.33. The van der Waals surface area contributed by atoms with Crippen LogP contribution in [0.2, 0.25) is 0 Å². The van der Waals surface area contributed by atoms with Gasteiger partial charge >= 0.3 is 0 Å². The van der Waals surface area contributed by atoms with Gasteiger partial charge in [-0.15, -0.1) is 0 Å². The normalized spacial score (nSPS) is 49.5. The summed E-state index contributed by atoms with van der Waals surface area (Å²) in [5.74, 6) is 0. The van der Waals surface area contributed by atoms with Gasteiger partial charge in [0, 0.05) is 30.2 Å². The van der Waals surface area contributed by atoms with Crippen molar-refractivity contribution in [2.75, 3.05) is 13.1 Å². The maximum Gasteiger partial charge on any atom is 0.0128 e. The molecule has 4 unspecified atom stereocenters. The van der Waals surface area contributed by atoms with Gasteiger partial charge in [-0.25, -0.2) is 0 Å². The number of nitrogens with two attached hydrogens (primary N) is 1. The van der Waals surface area contributed by atoms with Gasteiger partial charge in [0.1, 0.15) is 0 Å². The molecule has 0 radical (unpaired) electrons. The van der Waals surface area contributed by atoms with Gasteiger partial charge < -0.3 is 10.6 Å². The van der Waals surface area contributed by atoms with Crippen LogP contribution in [0, 0.1) is 0 Å². The second kappa shape index (κ2) is 4.46. The molecule has 4 atom stereocenters. The van der Waals surface area contributed by atoms with E-state index in [1.54, 1.807) is 0 Å². The molecule has 4 rings (SSSR count). The van der Waals surface area contributed by atoms with E-state index < -0.39 is 0 Å². The molecule has 0 aromatic rings. The Labute approximate surface area is 111 Å². The topological polar surface area (TPSA) is 32.5 Å². The van der Waals surface area contributed by atoms with Gasteiger partial charge in [-0.05, 0) is 64.5 Å². The lowest BCUT2D eigenvalue weighted by Crippen LogP contribution is -2.55. The summed E-state index contributed by atoms with van der Waals surface area (Å²) in [4.78, 5) is 5.66. The predicted octanol–water partition coefficient (Wildman–Crippen LogP) is 1.57. The Hall–Kier alpha value is -0.120. The van der Waals surface area contributed by atoms with Crippen LogP contribution >= 0.6 is 0 Å². The first-order valence-corrected chi connectivity index (χ1v) is 8.08. The second-order valence-corrected chi connectivity index (χ2v) is 7.07. The number of nitrogens with zero attached hydrogens (tertiary/aromatic N) is 2. The van der Waals surface area contributed by atoms with Crippen molar-refractivity contribution in [3.05, 3.63) is 0 Å². The summed E-state index contributed by atoms with van der Waals surface area (Å²) in [6.45, 7) is 2.73. The van der Waals surface area contributed by atoms with Crippen molar-refractivity contribution >= 4 is 0 Å². The van der Waals surface area contributed by atoms with Crippen LogP contribution < -0.4 is 5.73 Å². The van der Waals surface area contributed by atoms with Gasteiger partial charge in [0.2, 0.25) is 0 Å². The van der Waals surface area contributed by atoms with E-state index in [1.807, 2.05) is 0 Å². The molecule has 2 bridgehead atoms. The third kappa shape index (κ3) is 1.83. The monoisotopic (exact) mass is 249 g/mol. The SMILES string of the molecule is NC1CC2CCC(C1)N2C1CCN2CCCC2C1. The van der Waals surface area contributed by atoms with Crippen LogP contribution in [0.15, 0.2) is 0 Å². The fraction of sp³-hybridized carbons (Fsp3) is 1.00. The van der Waals surface area contributed by atoms with Crippen LogP contribution in [0.4, 0.5) is 0 Å². The van der Waals surface area contributed by atoms with Gasteiger partial charge in [0.05, 0.1) is 0 Å². The minimum atomic E-state index is 0.491. The van der Waals surface area contributed by atoms with Crippen molar-refractivity contribution in [2.45, 2.75) is 81.6 Å². The number of hydrogen-bond acceptors (Lipinski definition) is 3. The first-order valence-electron chi connectivity index (χ1n) is 8.08. The average Bonchev–Trinajstić information content (AvgIpc) is 2.91. The van der Waals surface area contributed by atoms with Gasteiger partial charge in [0.25, 0.3) is 0 Å². The molecule has 4 aliphatic rings. The molecule has 18 heavy (non-hydrogen) atoms. The van der Waals surface area contributed by atoms with Gasteiger partial charge in [0.15, 0.2) is 0 Å². The molecule has 3 nitrogen and oxygen atoms in total. The summed E-state index contributed by atoms with van der Waals surface area (Å²) in [7, 11) is 0. The molecule has 4 heterocycles. The molecular weight excluding hydrogens is 222 g/mol. The van der Waals surface area contributed by atoms with E-state index in [4.69, 9.17) is 5.73 Å². The highest BCUT2D eigenvalue weighted by atomic mass is 15.3. The minimum Gasteiger partial charge on any atom is -0.328 e. The lowest BCUT2D eigenvalue weighted by atomic mass is 9.90. The van der Waals surface area contributed by atoms with Crippen molar-refractivity contribution in [1.82, 2.24) is 9.80 Å². The Bertz CT molecular complexity index is 305. The van der Waals surface area contributed by atoms with E-state index in [9.17, 15) is 0 Å². The summed E-state index contributed by atoms with van der Waals surface area (Å²) in [6.07, 6.45) is 11.1. The Morgan fingerprint density at radius 3 is 2.22 bits per heavy atom. The first-order chi connectivity index (χ1) is 8.81. The van der Waals surface area contributed by atoms with Crippen molar-refractivity contribution in [2.24, 2.45) is 5.73 Å². The zero-order valence-corrected chi connectivity index (χ0v) is 11.4.